The van der Waals surface area contributed by atoms with Crippen LogP contribution < -0.4 is 21.3 Å². The Balaban J connectivity index is 1.05. The fraction of sp³-hybridized carbons (Fsp3) is 0.906. The third-order valence-corrected chi connectivity index (χ3v) is 26.3. The van der Waals surface area contributed by atoms with Crippen molar-refractivity contribution >= 4 is 48.6 Å². The number of carbonyl (C=O) groups is 4. The maximum absolute atomic E-state index is 13.7. The lowest BCUT2D eigenvalue weighted by atomic mass is 9.47. The molecule has 4 amide bonds. The van der Waals surface area contributed by atoms with Crippen LogP contribution in [0.2, 0.25) is 77.1 Å². The summed E-state index contributed by atoms with van der Waals surface area (Å²) >= 11 is 0. The van der Waals surface area contributed by atoms with E-state index >= 15 is 0 Å². The number of hydrogen-bond donors (Lipinski definition) is 11. The Labute approximate surface area is 537 Å². The first-order chi connectivity index (χ1) is 42.0. The maximum Gasteiger partial charge on any atom is 0.407 e. The molecule has 518 valence electrons. The first kappa shape index (κ1) is 74.4. The second-order valence-corrected chi connectivity index (χ2v) is 49.0. The number of aliphatic hydroxyl groups is 7. The van der Waals surface area contributed by atoms with Crippen LogP contribution in [0.15, 0.2) is 11.6 Å². The molecule has 0 aromatic carbocycles. The maximum atomic E-state index is 13.7. The van der Waals surface area contributed by atoms with E-state index in [1.165, 1.54) is 50.5 Å². The highest BCUT2D eigenvalue weighted by atomic mass is 28.3. The van der Waals surface area contributed by atoms with Gasteiger partial charge in [-0.15, -0.1) is 0 Å². The molecule has 4 saturated carbocycles. The zero-order valence-electron chi connectivity index (χ0n) is 56.5. The summed E-state index contributed by atoms with van der Waals surface area (Å²) in [6.45, 7) is 30.0. The zero-order chi connectivity index (χ0) is 66.4. The number of rotatable bonds is 25. The first-order valence-corrected chi connectivity index (χ1v) is 44.9. The molecule has 2 heterocycles. The summed E-state index contributed by atoms with van der Waals surface area (Å²) in [7, 11) is -5.04. The average molecular weight is 1330 g/mol. The highest BCUT2D eigenvalue weighted by Crippen LogP contribution is 2.67. The van der Waals surface area contributed by atoms with Crippen LogP contribution in [-0.2, 0) is 37.9 Å². The Morgan fingerprint density at radius 3 is 1.71 bits per heavy atom. The van der Waals surface area contributed by atoms with Crippen molar-refractivity contribution in [3.05, 3.63) is 11.6 Å². The minimum Gasteiger partial charge on any atom is -0.450 e. The molecule has 7 aliphatic rings. The minimum atomic E-state index is -1.99. The third-order valence-electron chi connectivity index (χ3n) is 21.2. The molecule has 2 saturated heterocycles. The normalized spacial score (nSPS) is 38.3. The quantitative estimate of drug-likeness (QED) is 0.0244. The summed E-state index contributed by atoms with van der Waals surface area (Å²) in [6, 6.07) is -2.32. The number of allylic oxidation sites excluding steroid dienone is 1. The van der Waals surface area contributed by atoms with E-state index in [2.05, 4.69) is 121 Å². The van der Waals surface area contributed by atoms with E-state index in [0.717, 1.165) is 30.6 Å². The monoisotopic (exact) mass is 1330 g/mol. The summed E-state index contributed by atoms with van der Waals surface area (Å²) in [5.41, 5.74) is 1.73. The molecule has 0 unspecified atom stereocenters. The van der Waals surface area contributed by atoms with Crippen molar-refractivity contribution in [2.75, 3.05) is 33.0 Å². The van der Waals surface area contributed by atoms with E-state index in [-0.39, 0.29) is 31.7 Å². The van der Waals surface area contributed by atoms with Gasteiger partial charge in [-0.3, -0.25) is 0 Å². The van der Waals surface area contributed by atoms with Crippen molar-refractivity contribution in [3.63, 3.8) is 0 Å². The predicted octanol–water partition coefficient (Wildman–Crippen LogP) is 7.20. The molecular weight excluding hydrogens is 1210 g/mol. The number of amides is 4. The molecule has 90 heavy (non-hydrogen) atoms. The molecule has 7 rings (SSSR count). The topological polar surface area (TPSA) is 332 Å². The van der Waals surface area contributed by atoms with Crippen LogP contribution in [0.5, 0.6) is 0 Å². The van der Waals surface area contributed by atoms with Crippen LogP contribution in [-0.4, -0.2) is 215 Å². The number of carbonyl (C=O) groups excluding carboxylic acids is 4. The molecule has 6 fully saturated rings. The third kappa shape index (κ3) is 19.2. The largest absolute Gasteiger partial charge is 0.450 e. The van der Waals surface area contributed by atoms with E-state index < -0.39 is 160 Å². The summed E-state index contributed by atoms with van der Waals surface area (Å²) in [4.78, 5) is 54.2. The van der Waals surface area contributed by atoms with Gasteiger partial charge in [-0.2, -0.15) is 0 Å². The summed E-state index contributed by atoms with van der Waals surface area (Å²) in [5.74, 6) is 4.16. The molecule has 23 atom stereocenters. The molecule has 26 heteroatoms. The van der Waals surface area contributed by atoms with E-state index in [9.17, 15) is 54.9 Å². The van der Waals surface area contributed by atoms with Crippen molar-refractivity contribution < 1.29 is 92.8 Å². The van der Waals surface area contributed by atoms with Crippen LogP contribution in [0.4, 0.5) is 19.2 Å². The Kier molecular flexibility index (Phi) is 25.9. The Morgan fingerprint density at radius 1 is 0.622 bits per heavy atom. The molecule has 0 aromatic heterocycles. The molecule has 0 aromatic rings. The summed E-state index contributed by atoms with van der Waals surface area (Å²) < 4.78 is 47.4. The van der Waals surface area contributed by atoms with Crippen LogP contribution in [0, 0.1) is 46.3 Å². The standard InChI is InChI=1S/C64H116N4O19Si3/c1-36(2)16-15-17-37(3)41-20-21-42-40-19-18-38-32-39(22-24-63(38,4)43(40)23-25-64(41,42)5)83-59(76)65-34-46-50(71)52(73)53(74)58(84-46)87-56-45(67-61(78)81-27-30-89(9,10)11)33-44(66-60(77)80-26-29-88(6,7)8)55(54(56)75)86-57-51(72)48(49(70)47(35-69)85-57)68-62(79)82-28-31-90(12,13)14/h18,36-37,39-58,69-75H,15-17,19-35H2,1-14H3,(H,65,76)(H,66,77)(H,67,78)(H,68,79)/t37-,39+,40+,41-,42+,43+,44-,45+,46-,47-,48+,49-,50-,51-,52+,53-,54-,55+,56+,57+,58+,63+,64-/m1/s1. The van der Waals surface area contributed by atoms with Gasteiger partial charge in [0.05, 0.1) is 44.6 Å². The van der Waals surface area contributed by atoms with Gasteiger partial charge in [-0.1, -0.05) is 124 Å². The Hall–Kier alpha value is -2.97. The van der Waals surface area contributed by atoms with Gasteiger partial charge in [0.2, 0.25) is 0 Å². The number of nitrogens with one attached hydrogen (secondary N) is 4. The van der Waals surface area contributed by atoms with Crippen molar-refractivity contribution in [3.8, 4) is 0 Å². The van der Waals surface area contributed by atoms with Gasteiger partial charge in [-0.05, 0) is 116 Å². The van der Waals surface area contributed by atoms with Crippen LogP contribution in [0.25, 0.3) is 0 Å². The number of fused-ring (bicyclic) bond motifs is 5. The van der Waals surface area contributed by atoms with Gasteiger partial charge < -0.3 is 94.9 Å². The molecule has 23 nitrogen and oxygen atoms in total. The number of ether oxygens (including phenoxy) is 8. The predicted molar refractivity (Wildman–Crippen MR) is 345 cm³/mol. The molecule has 0 bridgehead atoms. The van der Waals surface area contributed by atoms with Gasteiger partial charge in [-0.25, -0.2) is 19.2 Å². The van der Waals surface area contributed by atoms with Crippen molar-refractivity contribution in [1.82, 2.24) is 21.3 Å². The zero-order valence-corrected chi connectivity index (χ0v) is 59.5. The lowest BCUT2D eigenvalue weighted by Gasteiger charge is -2.58. The number of alkyl carbamates (subject to hydrolysis) is 4. The SMILES string of the molecule is CC(C)CCC[C@@H](C)[C@H]1CC[C@H]2[C@@H]3CC=C4C[C@@H](OC(=O)NC[C@H]5O[C@@H](O[C@@H]6[C@H](O)[C@@H](O[C@@H]7O[C@H](CO)[C@@H](O)[C@H](NC(=O)OCC[Si](C)(C)C)[C@H]7O)[C@H](NC(=O)OCC[Si](C)(C)C)C[C@@H]6NC(=O)OCC[Si](C)(C)C)[C@H](O)[C@@H](O)[C@@H]5O)CC[C@]4(C)[C@H]3CC[C@]12C. The van der Waals surface area contributed by atoms with E-state index in [1.807, 2.05) is 0 Å². The minimum absolute atomic E-state index is 0.0201. The summed E-state index contributed by atoms with van der Waals surface area (Å²) in [6.07, 6.45) is -10.9. The smallest absolute Gasteiger partial charge is 0.407 e. The van der Waals surface area contributed by atoms with E-state index in [1.54, 1.807) is 0 Å². The van der Waals surface area contributed by atoms with Gasteiger partial charge in [0.15, 0.2) is 12.6 Å². The Morgan fingerprint density at radius 2 is 1.17 bits per heavy atom. The van der Waals surface area contributed by atoms with Gasteiger partial charge in [0.1, 0.15) is 67.1 Å². The van der Waals surface area contributed by atoms with Crippen LogP contribution >= 0.6 is 0 Å². The highest BCUT2D eigenvalue weighted by Gasteiger charge is 2.60. The Bertz CT molecular complexity index is 2400. The van der Waals surface area contributed by atoms with Crippen LogP contribution in [0.1, 0.15) is 112 Å². The first-order valence-electron chi connectivity index (χ1n) is 33.8. The summed E-state index contributed by atoms with van der Waals surface area (Å²) in [5, 5.41) is 91.0. The van der Waals surface area contributed by atoms with Crippen molar-refractivity contribution in [2.45, 2.75) is 287 Å². The van der Waals surface area contributed by atoms with Gasteiger partial charge in [0, 0.05) is 37.2 Å². The number of aliphatic hydroxyl groups excluding tert-OH is 7. The second-order valence-electron chi connectivity index (χ2n) is 32.1. The van der Waals surface area contributed by atoms with Crippen LogP contribution in [0.3, 0.4) is 0 Å². The molecule has 5 aliphatic carbocycles. The average Bonchev–Trinajstić information content (AvgIpc) is 1.33. The molecule has 11 N–H and O–H groups in total. The van der Waals surface area contributed by atoms with E-state index in [0.29, 0.717) is 54.1 Å². The highest BCUT2D eigenvalue weighted by molar-refractivity contribution is 6.76. The van der Waals surface area contributed by atoms with Crippen molar-refractivity contribution in [1.29, 1.82) is 0 Å². The second kappa shape index (κ2) is 31.3. The molecule has 2 aliphatic heterocycles. The number of hydrogen-bond acceptors (Lipinski definition) is 19. The fourth-order valence-electron chi connectivity index (χ4n) is 15.8. The lowest BCUT2D eigenvalue weighted by Crippen LogP contribution is -2.70. The molecule has 0 radical (unpaired) electrons. The van der Waals surface area contributed by atoms with E-state index in [4.69, 9.17) is 37.9 Å². The van der Waals surface area contributed by atoms with Crippen molar-refractivity contribution in [2.24, 2.45) is 46.3 Å². The van der Waals surface area contributed by atoms with Gasteiger partial charge >= 0.3 is 24.4 Å². The molecule has 0 spiro atoms. The van der Waals surface area contributed by atoms with Gasteiger partial charge in [0.25, 0.3) is 0 Å². The lowest BCUT2D eigenvalue weighted by molar-refractivity contribution is -0.334. The molecular formula is C64H116N4O19Si3. The fourth-order valence-corrected chi connectivity index (χ4v) is 17.9.